The van der Waals surface area contributed by atoms with Gasteiger partial charge in [0.1, 0.15) is 0 Å². The summed E-state index contributed by atoms with van der Waals surface area (Å²) in [7, 11) is 2.60. The van der Waals surface area contributed by atoms with Gasteiger partial charge < -0.3 is 14.6 Å². The van der Waals surface area contributed by atoms with Crippen molar-refractivity contribution in [1.82, 2.24) is 0 Å². The maximum atomic E-state index is 11.6. The van der Waals surface area contributed by atoms with Gasteiger partial charge in [0.25, 0.3) is 0 Å². The van der Waals surface area contributed by atoms with Crippen LogP contribution in [0.1, 0.15) is 12.8 Å². The molecule has 0 aromatic carbocycles. The van der Waals surface area contributed by atoms with Gasteiger partial charge in [0, 0.05) is 0 Å². The predicted octanol–water partition coefficient (Wildman–Crippen LogP) is -0.0345. The SMILES string of the molecule is COC(=O)[C@@H]1[C@H](C(=O)OC)[C@@H]2CC[C@H]1C2O. The van der Waals surface area contributed by atoms with Crippen molar-refractivity contribution in [2.75, 3.05) is 14.2 Å². The number of aliphatic hydroxyl groups is 1. The Morgan fingerprint density at radius 2 is 1.38 bits per heavy atom. The van der Waals surface area contributed by atoms with Crippen LogP contribution in [0, 0.1) is 23.7 Å². The van der Waals surface area contributed by atoms with E-state index in [0.717, 1.165) is 12.8 Å². The average Bonchev–Trinajstić information content (AvgIpc) is 2.80. The van der Waals surface area contributed by atoms with Crippen LogP contribution < -0.4 is 0 Å². The van der Waals surface area contributed by atoms with Gasteiger partial charge in [-0.3, -0.25) is 9.59 Å². The lowest BCUT2D eigenvalue weighted by atomic mass is 9.79. The molecule has 0 aromatic rings. The highest BCUT2D eigenvalue weighted by Crippen LogP contribution is 2.53. The summed E-state index contributed by atoms with van der Waals surface area (Å²) < 4.78 is 9.40. The van der Waals surface area contributed by atoms with Crippen LogP contribution >= 0.6 is 0 Å². The van der Waals surface area contributed by atoms with E-state index in [1.54, 1.807) is 0 Å². The highest BCUT2D eigenvalue weighted by molar-refractivity contribution is 5.84. The summed E-state index contributed by atoms with van der Waals surface area (Å²) in [5.74, 6) is -2.20. The van der Waals surface area contributed by atoms with E-state index in [1.165, 1.54) is 14.2 Å². The number of esters is 2. The molecule has 2 aliphatic rings. The molecule has 0 radical (unpaired) electrons. The van der Waals surface area contributed by atoms with Gasteiger partial charge in [-0.25, -0.2) is 0 Å². The third-order valence-corrected chi connectivity index (χ3v) is 3.97. The zero-order valence-corrected chi connectivity index (χ0v) is 9.38. The largest absolute Gasteiger partial charge is 0.469 e. The fourth-order valence-electron chi connectivity index (χ4n) is 3.28. The minimum atomic E-state index is -0.576. The molecule has 0 saturated heterocycles. The number of hydrogen-bond donors (Lipinski definition) is 1. The van der Waals surface area contributed by atoms with Gasteiger partial charge in [-0.1, -0.05) is 0 Å². The van der Waals surface area contributed by atoms with Crippen LogP contribution in [0.25, 0.3) is 0 Å². The molecule has 1 N–H and O–H groups in total. The highest BCUT2D eigenvalue weighted by atomic mass is 16.5. The summed E-state index contributed by atoms with van der Waals surface area (Å²) >= 11 is 0. The minimum Gasteiger partial charge on any atom is -0.469 e. The Bertz CT molecular complexity index is 283. The number of aliphatic hydroxyl groups excluding tert-OH is 1. The average molecular weight is 228 g/mol. The quantitative estimate of drug-likeness (QED) is 0.672. The summed E-state index contributed by atoms with van der Waals surface area (Å²) in [6, 6.07) is 0. The summed E-state index contributed by atoms with van der Waals surface area (Å²) in [6.07, 6.45) is 0.978. The Morgan fingerprint density at radius 3 is 1.69 bits per heavy atom. The summed E-state index contributed by atoms with van der Waals surface area (Å²) in [5.41, 5.74) is 0. The Balaban J connectivity index is 2.27. The van der Waals surface area contributed by atoms with Crippen LogP contribution in [-0.4, -0.2) is 37.4 Å². The van der Waals surface area contributed by atoms with Crippen molar-refractivity contribution < 1.29 is 24.2 Å². The molecule has 0 aliphatic heterocycles. The highest BCUT2D eigenvalue weighted by Gasteiger charge is 2.60. The molecule has 2 aliphatic carbocycles. The number of ether oxygens (including phenoxy) is 2. The standard InChI is InChI=1S/C11H16O5/c1-15-10(13)7-5-3-4-6(9(5)12)8(7)11(14)16-2/h5-9,12H,3-4H2,1-2H3/t5-,6+,7+,8-,9?. The van der Waals surface area contributed by atoms with Crippen LogP contribution in [0.3, 0.4) is 0 Å². The van der Waals surface area contributed by atoms with Crippen molar-refractivity contribution in [3.05, 3.63) is 0 Å². The van der Waals surface area contributed by atoms with Gasteiger partial charge in [-0.2, -0.15) is 0 Å². The number of methoxy groups -OCH3 is 2. The molecule has 2 saturated carbocycles. The van der Waals surface area contributed by atoms with Gasteiger partial charge in [0.15, 0.2) is 0 Å². The lowest BCUT2D eigenvalue weighted by Gasteiger charge is -2.26. The van der Waals surface area contributed by atoms with E-state index in [9.17, 15) is 14.7 Å². The van der Waals surface area contributed by atoms with Gasteiger partial charge in [-0.15, -0.1) is 0 Å². The smallest absolute Gasteiger partial charge is 0.309 e. The van der Waals surface area contributed by atoms with Crippen LogP contribution in [-0.2, 0) is 19.1 Å². The Hall–Kier alpha value is -1.10. The first-order valence-corrected chi connectivity index (χ1v) is 5.45. The molecule has 90 valence electrons. The molecule has 5 atom stereocenters. The predicted molar refractivity (Wildman–Crippen MR) is 53.2 cm³/mol. The monoisotopic (exact) mass is 228 g/mol. The minimum absolute atomic E-state index is 0.151. The first-order chi connectivity index (χ1) is 7.61. The second-order valence-electron chi connectivity index (χ2n) is 4.49. The Labute approximate surface area is 93.7 Å². The number of hydrogen-bond acceptors (Lipinski definition) is 5. The normalized spacial score (nSPS) is 40.8. The molecule has 1 unspecified atom stereocenters. The van der Waals surface area contributed by atoms with Crippen molar-refractivity contribution in [3.63, 3.8) is 0 Å². The van der Waals surface area contributed by atoms with Crippen LogP contribution in [0.15, 0.2) is 0 Å². The first-order valence-electron chi connectivity index (χ1n) is 5.45. The Morgan fingerprint density at radius 1 is 1.00 bits per heavy atom. The molecule has 5 heteroatoms. The van der Waals surface area contributed by atoms with Gasteiger partial charge in [0.2, 0.25) is 0 Å². The van der Waals surface area contributed by atoms with Crippen LogP contribution in [0.2, 0.25) is 0 Å². The van der Waals surface area contributed by atoms with E-state index in [0.29, 0.717) is 0 Å². The van der Waals surface area contributed by atoms with Gasteiger partial charge in [-0.05, 0) is 24.7 Å². The van der Waals surface area contributed by atoms with E-state index in [-0.39, 0.29) is 11.8 Å². The molecular formula is C11H16O5. The first kappa shape index (κ1) is 11.4. The maximum Gasteiger partial charge on any atom is 0.309 e. The zero-order valence-electron chi connectivity index (χ0n) is 9.38. The van der Waals surface area contributed by atoms with Crippen LogP contribution in [0.5, 0.6) is 0 Å². The van der Waals surface area contributed by atoms with E-state index in [2.05, 4.69) is 0 Å². The molecule has 2 bridgehead atoms. The third kappa shape index (κ3) is 1.42. The fraction of sp³-hybridized carbons (Fsp3) is 0.818. The van der Waals surface area contributed by atoms with E-state index < -0.39 is 29.9 Å². The van der Waals surface area contributed by atoms with Crippen molar-refractivity contribution >= 4 is 11.9 Å². The maximum absolute atomic E-state index is 11.6. The van der Waals surface area contributed by atoms with Crippen molar-refractivity contribution in [2.45, 2.75) is 18.9 Å². The molecule has 16 heavy (non-hydrogen) atoms. The number of carbonyl (C=O) groups excluding carboxylic acids is 2. The molecule has 0 spiro atoms. The molecule has 2 fully saturated rings. The molecule has 5 nitrogen and oxygen atoms in total. The molecule has 0 amide bonds. The molecule has 0 heterocycles. The molecule has 2 rings (SSSR count). The summed E-state index contributed by atoms with van der Waals surface area (Å²) in [5, 5.41) is 9.94. The third-order valence-electron chi connectivity index (χ3n) is 3.97. The van der Waals surface area contributed by atoms with E-state index >= 15 is 0 Å². The number of rotatable bonds is 2. The van der Waals surface area contributed by atoms with Crippen molar-refractivity contribution in [3.8, 4) is 0 Å². The topological polar surface area (TPSA) is 72.8 Å². The van der Waals surface area contributed by atoms with Crippen LogP contribution in [0.4, 0.5) is 0 Å². The van der Waals surface area contributed by atoms with E-state index in [1.807, 2.05) is 0 Å². The lowest BCUT2D eigenvalue weighted by Crippen LogP contribution is -2.36. The summed E-state index contributed by atoms with van der Waals surface area (Å²) in [6.45, 7) is 0. The van der Waals surface area contributed by atoms with Gasteiger partial charge >= 0.3 is 11.9 Å². The second-order valence-corrected chi connectivity index (χ2v) is 4.49. The second kappa shape index (κ2) is 4.05. The van der Waals surface area contributed by atoms with E-state index in [4.69, 9.17) is 9.47 Å². The van der Waals surface area contributed by atoms with Crippen molar-refractivity contribution in [2.24, 2.45) is 23.7 Å². The number of carbonyl (C=O) groups is 2. The Kier molecular flexibility index (Phi) is 2.88. The fourth-order valence-corrected chi connectivity index (χ4v) is 3.28. The zero-order chi connectivity index (χ0) is 11.9. The summed E-state index contributed by atoms with van der Waals surface area (Å²) in [4.78, 5) is 23.3. The number of fused-ring (bicyclic) bond motifs is 2. The molecular weight excluding hydrogens is 212 g/mol. The molecule has 0 aromatic heterocycles. The van der Waals surface area contributed by atoms with Crippen molar-refractivity contribution in [1.29, 1.82) is 0 Å². The van der Waals surface area contributed by atoms with Gasteiger partial charge in [0.05, 0.1) is 32.2 Å². The lowest BCUT2D eigenvalue weighted by molar-refractivity contribution is -0.160.